The SMILES string of the molecule is C[S+](NCC1(O)CNC1)c1ccc(-c2cccc3sc(N)nc23)c(-c2nn[nH]n2)c1[SH2+]. The van der Waals surface area contributed by atoms with Gasteiger partial charge >= 0.3 is 0 Å². The number of para-hydroxylation sites is 1. The molecule has 31 heavy (non-hydrogen) atoms. The van der Waals surface area contributed by atoms with E-state index in [2.05, 4.69) is 66.7 Å². The molecule has 6 N–H and O–H groups in total. The Balaban J connectivity index is 1.60. The number of anilines is 1. The summed E-state index contributed by atoms with van der Waals surface area (Å²) in [5, 5.41) is 28.8. The Labute approximate surface area is 190 Å². The highest BCUT2D eigenvalue weighted by atomic mass is 32.2. The molecule has 1 atom stereocenters. The van der Waals surface area contributed by atoms with Gasteiger partial charge in [0.1, 0.15) is 22.9 Å². The first-order valence-electron chi connectivity index (χ1n) is 9.55. The van der Waals surface area contributed by atoms with E-state index in [9.17, 15) is 5.11 Å². The molecule has 9 nitrogen and oxygen atoms in total. The van der Waals surface area contributed by atoms with Gasteiger partial charge in [0.05, 0.1) is 22.3 Å². The Morgan fingerprint density at radius 3 is 2.84 bits per heavy atom. The average molecular weight is 475 g/mol. The molecule has 1 aliphatic rings. The monoisotopic (exact) mass is 474 g/mol. The average Bonchev–Trinajstić information content (AvgIpc) is 3.38. The molecular weight excluding hydrogens is 452 g/mol. The maximum Gasteiger partial charge on any atom is 0.230 e. The van der Waals surface area contributed by atoms with Gasteiger partial charge in [0, 0.05) is 42.9 Å². The van der Waals surface area contributed by atoms with E-state index >= 15 is 0 Å². The highest BCUT2D eigenvalue weighted by molar-refractivity contribution is 7.94. The number of thiazole rings is 1. The first kappa shape index (κ1) is 20.7. The van der Waals surface area contributed by atoms with Gasteiger partial charge in [-0.25, -0.2) is 4.98 Å². The number of aliphatic hydroxyl groups is 1. The van der Waals surface area contributed by atoms with Crippen molar-refractivity contribution in [2.45, 2.75) is 15.4 Å². The quantitative estimate of drug-likeness (QED) is 0.255. The fourth-order valence-corrected chi connectivity index (χ4v) is 6.48. The van der Waals surface area contributed by atoms with Crippen LogP contribution in [0.3, 0.4) is 0 Å². The Kier molecular flexibility index (Phi) is 5.36. The molecule has 4 aromatic rings. The third-order valence-electron chi connectivity index (χ3n) is 5.32. The molecule has 1 aliphatic heterocycles. The number of β-amino-alcohol motifs (C(OH)–C–C–N with tert-alkyl or cyclic N) is 1. The first-order valence-corrected chi connectivity index (χ1v) is 12.5. The van der Waals surface area contributed by atoms with Crippen LogP contribution in [-0.2, 0) is 23.7 Å². The van der Waals surface area contributed by atoms with Gasteiger partial charge in [-0.3, -0.25) is 0 Å². The number of tetrazole rings is 1. The van der Waals surface area contributed by atoms with E-state index in [1.807, 2.05) is 18.2 Å². The summed E-state index contributed by atoms with van der Waals surface area (Å²) in [7, 11) is 0. The van der Waals surface area contributed by atoms with Gasteiger partial charge in [-0.15, -0.1) is 14.9 Å². The van der Waals surface area contributed by atoms with Crippen LogP contribution in [0.25, 0.3) is 32.7 Å². The second-order valence-electron chi connectivity index (χ2n) is 7.46. The van der Waals surface area contributed by atoms with Crippen LogP contribution in [0.4, 0.5) is 5.13 Å². The van der Waals surface area contributed by atoms with Gasteiger partial charge in [-0.05, 0) is 17.3 Å². The number of aromatic amines is 1. The van der Waals surface area contributed by atoms with E-state index < -0.39 is 5.60 Å². The normalized spacial score (nSPS) is 16.4. The van der Waals surface area contributed by atoms with Crippen LogP contribution < -0.4 is 15.8 Å². The van der Waals surface area contributed by atoms with Gasteiger partial charge in [0.15, 0.2) is 5.13 Å². The van der Waals surface area contributed by atoms with Crippen LogP contribution >= 0.6 is 11.3 Å². The standard InChI is InChI=1S/C19H20N8OS3/c1-31(22-9-19(28)7-21-8-19)13-6-5-10(14(16(13)29)17-24-26-27-25-17)11-3-2-4-12-15(11)23-18(20)30-12/h2-6,21-22,28H,7-9H2,1H3,(H3-,20,23,24,25,26,27,29)/p+2. The fourth-order valence-electron chi connectivity index (χ4n) is 3.61. The molecule has 0 bridgehead atoms. The zero-order valence-electron chi connectivity index (χ0n) is 16.6. The maximum atomic E-state index is 10.4. The number of nitrogens with zero attached hydrogens (tertiary/aromatic N) is 4. The summed E-state index contributed by atoms with van der Waals surface area (Å²) in [6, 6.07) is 10.2. The second kappa shape index (κ2) is 8.04. The lowest BCUT2D eigenvalue weighted by Gasteiger charge is -2.36. The Morgan fingerprint density at radius 2 is 2.13 bits per heavy atom. The molecule has 3 heterocycles. The summed E-state index contributed by atoms with van der Waals surface area (Å²) < 4.78 is 4.48. The third-order valence-corrected chi connectivity index (χ3v) is 8.45. The van der Waals surface area contributed by atoms with E-state index in [1.54, 1.807) is 0 Å². The minimum atomic E-state index is -0.691. The van der Waals surface area contributed by atoms with Crippen molar-refractivity contribution in [2.75, 3.05) is 31.6 Å². The third kappa shape index (κ3) is 3.79. The Morgan fingerprint density at radius 1 is 1.29 bits per heavy atom. The molecule has 5 rings (SSSR count). The predicted molar refractivity (Wildman–Crippen MR) is 128 cm³/mol. The number of hydrogen-bond acceptors (Lipinski definition) is 9. The number of aromatic nitrogens is 5. The maximum absolute atomic E-state index is 10.4. The second-order valence-corrected chi connectivity index (χ2v) is 10.8. The van der Waals surface area contributed by atoms with Crippen LogP contribution in [0.15, 0.2) is 40.1 Å². The molecule has 0 aliphatic carbocycles. The molecule has 0 radical (unpaired) electrons. The molecule has 0 saturated carbocycles. The lowest BCUT2D eigenvalue weighted by Crippen LogP contribution is -2.64. The van der Waals surface area contributed by atoms with E-state index in [0.29, 0.717) is 30.6 Å². The molecule has 1 saturated heterocycles. The lowest BCUT2D eigenvalue weighted by molar-refractivity contribution is -0.00360. The highest BCUT2D eigenvalue weighted by Gasteiger charge is 2.37. The molecule has 1 unspecified atom stereocenters. The van der Waals surface area contributed by atoms with Crippen LogP contribution in [0.2, 0.25) is 0 Å². The Hall–Kier alpha value is -2.22. The first-order chi connectivity index (χ1) is 15.0. The number of H-pyrrole nitrogens is 1. The zero-order valence-corrected chi connectivity index (χ0v) is 19.3. The summed E-state index contributed by atoms with van der Waals surface area (Å²) in [6.45, 7) is 1.72. The largest absolute Gasteiger partial charge is 0.386 e. The van der Waals surface area contributed by atoms with Gasteiger partial charge in [0.2, 0.25) is 15.6 Å². The van der Waals surface area contributed by atoms with Gasteiger partial charge in [-0.1, -0.05) is 23.5 Å². The summed E-state index contributed by atoms with van der Waals surface area (Å²) in [5.41, 5.74) is 8.85. The minimum absolute atomic E-state index is 0.325. The number of nitrogens with two attached hydrogens (primary N) is 1. The smallest absolute Gasteiger partial charge is 0.230 e. The van der Waals surface area contributed by atoms with Crippen molar-refractivity contribution >= 4 is 50.4 Å². The minimum Gasteiger partial charge on any atom is -0.386 e. The number of rotatable bonds is 6. The summed E-state index contributed by atoms with van der Waals surface area (Å²) in [6.07, 6.45) is 2.09. The van der Waals surface area contributed by atoms with E-state index in [-0.39, 0.29) is 11.1 Å². The number of hydrogen-bond donors (Lipinski definition) is 5. The van der Waals surface area contributed by atoms with Crippen molar-refractivity contribution in [1.82, 2.24) is 35.6 Å². The molecular formula is C19H22N8OS3+2. The fraction of sp³-hybridized carbons (Fsp3) is 0.263. The van der Waals surface area contributed by atoms with Crippen molar-refractivity contribution in [3.05, 3.63) is 30.3 Å². The summed E-state index contributed by atoms with van der Waals surface area (Å²) in [4.78, 5) is 6.47. The number of nitrogen functional groups attached to an aromatic ring is 1. The lowest BCUT2D eigenvalue weighted by atomic mass is 9.98. The van der Waals surface area contributed by atoms with Crippen molar-refractivity contribution in [1.29, 1.82) is 0 Å². The molecule has 0 amide bonds. The van der Waals surface area contributed by atoms with Crippen LogP contribution in [-0.4, -0.2) is 62.2 Å². The molecule has 160 valence electrons. The highest BCUT2D eigenvalue weighted by Crippen LogP contribution is 2.40. The Bertz CT molecular complexity index is 1240. The number of benzene rings is 2. The zero-order chi connectivity index (χ0) is 21.6. The van der Waals surface area contributed by atoms with E-state index in [4.69, 9.17) is 5.73 Å². The topological polar surface area (TPSA) is 138 Å². The summed E-state index contributed by atoms with van der Waals surface area (Å²) >= 11 is 5.00. The molecule has 0 spiro atoms. The van der Waals surface area contributed by atoms with Crippen molar-refractivity contribution < 1.29 is 5.11 Å². The van der Waals surface area contributed by atoms with Crippen LogP contribution in [0, 0.1) is 0 Å². The molecule has 2 aromatic heterocycles. The predicted octanol–water partition coefficient (Wildman–Crippen LogP) is 0.542. The van der Waals surface area contributed by atoms with E-state index in [1.165, 1.54) is 11.3 Å². The number of nitrogens with one attached hydrogen (secondary N) is 3. The van der Waals surface area contributed by atoms with Gasteiger partial charge < -0.3 is 16.2 Å². The van der Waals surface area contributed by atoms with E-state index in [0.717, 1.165) is 36.7 Å². The van der Waals surface area contributed by atoms with Crippen LogP contribution in [0.5, 0.6) is 0 Å². The van der Waals surface area contributed by atoms with Crippen LogP contribution in [0.1, 0.15) is 0 Å². The van der Waals surface area contributed by atoms with Crippen molar-refractivity contribution in [3.63, 3.8) is 0 Å². The molecule has 1 fully saturated rings. The molecule has 12 heteroatoms. The van der Waals surface area contributed by atoms with Crippen molar-refractivity contribution in [3.8, 4) is 22.5 Å². The summed E-state index contributed by atoms with van der Waals surface area (Å²) in [5.74, 6) is 0.487. The van der Waals surface area contributed by atoms with Gasteiger partial charge in [0.25, 0.3) is 0 Å². The molecule has 2 aromatic carbocycles. The number of fused-ring (bicyclic) bond motifs is 1. The van der Waals surface area contributed by atoms with Crippen molar-refractivity contribution in [2.24, 2.45) is 0 Å². The van der Waals surface area contributed by atoms with Gasteiger partial charge in [-0.2, -0.15) is 5.21 Å².